The minimum Gasteiger partial charge on any atom is -0.278 e. The third-order valence-corrected chi connectivity index (χ3v) is 5.95. The van der Waals surface area contributed by atoms with E-state index in [1.165, 1.54) is 22.2 Å². The van der Waals surface area contributed by atoms with Gasteiger partial charge in [-0.1, -0.05) is 17.7 Å². The fourth-order valence-electron chi connectivity index (χ4n) is 2.23. The van der Waals surface area contributed by atoms with Crippen LogP contribution in [0.1, 0.15) is 5.56 Å². The SMILES string of the molecule is Cn1cc(S(=O)(=O)Nc2cc(C(F)(F)F)ccc2Cl)c(-c2cccs2)n1. The van der Waals surface area contributed by atoms with Gasteiger partial charge in [-0.25, -0.2) is 8.42 Å². The normalized spacial score (nSPS) is 12.3. The summed E-state index contributed by atoms with van der Waals surface area (Å²) >= 11 is 7.16. The summed E-state index contributed by atoms with van der Waals surface area (Å²) in [5.74, 6) is 0. The molecule has 26 heavy (non-hydrogen) atoms. The fourth-order valence-corrected chi connectivity index (χ4v) is 4.50. The van der Waals surface area contributed by atoms with Gasteiger partial charge in [0, 0.05) is 13.2 Å². The summed E-state index contributed by atoms with van der Waals surface area (Å²) in [6.45, 7) is 0. The predicted octanol–water partition coefficient (Wildman–Crippen LogP) is 4.62. The number of nitrogens with one attached hydrogen (secondary N) is 1. The van der Waals surface area contributed by atoms with E-state index < -0.39 is 21.8 Å². The second kappa shape index (κ2) is 6.60. The first-order valence-electron chi connectivity index (χ1n) is 7.05. The number of sulfonamides is 1. The van der Waals surface area contributed by atoms with Crippen molar-refractivity contribution in [2.75, 3.05) is 4.72 Å². The minimum absolute atomic E-state index is 0.150. The minimum atomic E-state index is -4.62. The Hall–Kier alpha value is -2.04. The second-order valence-electron chi connectivity index (χ2n) is 5.29. The van der Waals surface area contributed by atoms with Crippen molar-refractivity contribution in [3.8, 4) is 10.6 Å². The number of thiophene rings is 1. The van der Waals surface area contributed by atoms with Crippen LogP contribution in [-0.4, -0.2) is 18.2 Å². The first-order chi connectivity index (χ1) is 12.1. The van der Waals surface area contributed by atoms with Gasteiger partial charge >= 0.3 is 6.18 Å². The maximum absolute atomic E-state index is 12.9. The summed E-state index contributed by atoms with van der Waals surface area (Å²) in [5, 5.41) is 5.75. The number of halogens is 4. The molecule has 1 aromatic carbocycles. The third kappa shape index (κ3) is 3.71. The average Bonchev–Trinajstić information content (AvgIpc) is 3.17. The highest BCUT2D eigenvalue weighted by Crippen LogP contribution is 2.36. The summed E-state index contributed by atoms with van der Waals surface area (Å²) in [6, 6.07) is 5.86. The molecule has 0 spiro atoms. The molecule has 2 heterocycles. The Morgan fingerprint density at radius 3 is 2.62 bits per heavy atom. The van der Waals surface area contributed by atoms with E-state index in [4.69, 9.17) is 11.6 Å². The zero-order valence-electron chi connectivity index (χ0n) is 13.1. The Kier molecular flexibility index (Phi) is 4.76. The molecule has 11 heteroatoms. The zero-order chi connectivity index (χ0) is 19.1. The van der Waals surface area contributed by atoms with Crippen molar-refractivity contribution in [3.05, 3.63) is 52.5 Å². The summed E-state index contributed by atoms with van der Waals surface area (Å²) in [6.07, 6.45) is -3.35. The number of rotatable bonds is 4. The van der Waals surface area contributed by atoms with E-state index in [-0.39, 0.29) is 21.3 Å². The molecule has 0 fully saturated rings. The molecule has 3 aromatic rings. The van der Waals surface area contributed by atoms with E-state index in [1.807, 2.05) is 0 Å². The molecule has 0 amide bonds. The van der Waals surface area contributed by atoms with E-state index in [0.29, 0.717) is 10.9 Å². The summed E-state index contributed by atoms with van der Waals surface area (Å²) in [7, 11) is -2.66. The van der Waals surface area contributed by atoms with Gasteiger partial charge in [0.15, 0.2) is 0 Å². The van der Waals surface area contributed by atoms with Crippen molar-refractivity contribution in [1.82, 2.24) is 9.78 Å². The average molecular weight is 422 g/mol. The molecular weight excluding hydrogens is 411 g/mol. The lowest BCUT2D eigenvalue weighted by atomic mass is 10.2. The standard InChI is InChI=1S/C15H11ClF3N3O2S2/c1-22-8-13(14(20-22)12-3-2-6-25-12)26(23,24)21-11-7-9(15(17,18)19)4-5-10(11)16/h2-8,21H,1H3. The maximum Gasteiger partial charge on any atom is 0.416 e. The van der Waals surface area contributed by atoms with E-state index in [1.54, 1.807) is 24.6 Å². The molecule has 0 aliphatic rings. The number of anilines is 1. The van der Waals surface area contributed by atoms with Gasteiger partial charge in [0.1, 0.15) is 10.6 Å². The van der Waals surface area contributed by atoms with Crippen LogP contribution in [0.2, 0.25) is 5.02 Å². The van der Waals surface area contributed by atoms with Crippen molar-refractivity contribution >= 4 is 38.6 Å². The van der Waals surface area contributed by atoms with Crippen molar-refractivity contribution < 1.29 is 21.6 Å². The van der Waals surface area contributed by atoms with Crippen LogP contribution in [0.5, 0.6) is 0 Å². The number of alkyl halides is 3. The Morgan fingerprint density at radius 1 is 1.27 bits per heavy atom. The van der Waals surface area contributed by atoms with Crippen LogP contribution in [0, 0.1) is 0 Å². The van der Waals surface area contributed by atoms with E-state index in [0.717, 1.165) is 12.1 Å². The predicted molar refractivity (Wildman–Crippen MR) is 93.8 cm³/mol. The monoisotopic (exact) mass is 421 g/mol. The first-order valence-corrected chi connectivity index (χ1v) is 9.79. The molecule has 1 N–H and O–H groups in total. The molecule has 3 rings (SSSR count). The van der Waals surface area contributed by atoms with Gasteiger partial charge in [-0.05, 0) is 29.6 Å². The number of hydrogen-bond donors (Lipinski definition) is 1. The van der Waals surface area contributed by atoms with E-state index >= 15 is 0 Å². The highest BCUT2D eigenvalue weighted by atomic mass is 35.5. The van der Waals surface area contributed by atoms with Crippen molar-refractivity contribution in [1.29, 1.82) is 0 Å². The highest BCUT2D eigenvalue weighted by Gasteiger charge is 2.32. The molecule has 0 radical (unpaired) electrons. The fraction of sp³-hybridized carbons (Fsp3) is 0.133. The van der Waals surface area contributed by atoms with Crippen LogP contribution >= 0.6 is 22.9 Å². The third-order valence-electron chi connectivity index (χ3n) is 3.38. The zero-order valence-corrected chi connectivity index (χ0v) is 15.5. The van der Waals surface area contributed by atoms with Crippen molar-refractivity contribution in [3.63, 3.8) is 0 Å². The lowest BCUT2D eigenvalue weighted by Gasteiger charge is -2.12. The molecule has 0 bridgehead atoms. The molecular formula is C15H11ClF3N3O2S2. The van der Waals surface area contributed by atoms with Crippen molar-refractivity contribution in [2.45, 2.75) is 11.1 Å². The number of nitrogens with zero attached hydrogens (tertiary/aromatic N) is 2. The molecule has 0 aliphatic carbocycles. The lowest BCUT2D eigenvalue weighted by Crippen LogP contribution is -2.14. The molecule has 0 unspecified atom stereocenters. The largest absolute Gasteiger partial charge is 0.416 e. The Labute approximate surface area is 156 Å². The van der Waals surface area contributed by atoms with Gasteiger partial charge in [-0.15, -0.1) is 11.3 Å². The van der Waals surface area contributed by atoms with Gasteiger partial charge in [0.2, 0.25) is 0 Å². The van der Waals surface area contributed by atoms with Crippen LogP contribution in [-0.2, 0) is 23.2 Å². The summed E-state index contributed by atoms with van der Waals surface area (Å²) in [4.78, 5) is 0.456. The van der Waals surface area contributed by atoms with Gasteiger partial charge < -0.3 is 0 Å². The van der Waals surface area contributed by atoms with E-state index in [9.17, 15) is 21.6 Å². The molecule has 5 nitrogen and oxygen atoms in total. The van der Waals surface area contributed by atoms with Crippen LogP contribution in [0.15, 0.2) is 46.8 Å². The second-order valence-corrected chi connectivity index (χ2v) is 8.30. The van der Waals surface area contributed by atoms with Crippen LogP contribution in [0.4, 0.5) is 18.9 Å². The Bertz CT molecular complexity index is 1040. The molecule has 0 atom stereocenters. The number of hydrogen-bond acceptors (Lipinski definition) is 4. The Balaban J connectivity index is 2.04. The first kappa shape index (κ1) is 18.7. The van der Waals surface area contributed by atoms with Crippen LogP contribution in [0.25, 0.3) is 10.6 Å². The molecule has 0 saturated carbocycles. The van der Waals surface area contributed by atoms with Gasteiger partial charge in [0.05, 0.1) is 21.2 Å². The Morgan fingerprint density at radius 2 is 2.00 bits per heavy atom. The number of aryl methyl sites for hydroxylation is 1. The molecule has 0 aliphatic heterocycles. The van der Waals surface area contributed by atoms with Gasteiger partial charge in [-0.3, -0.25) is 9.40 Å². The van der Waals surface area contributed by atoms with Crippen LogP contribution in [0.3, 0.4) is 0 Å². The smallest absolute Gasteiger partial charge is 0.278 e. The highest BCUT2D eigenvalue weighted by molar-refractivity contribution is 7.92. The quantitative estimate of drug-likeness (QED) is 0.668. The molecule has 2 aromatic heterocycles. The van der Waals surface area contributed by atoms with Gasteiger partial charge in [-0.2, -0.15) is 18.3 Å². The van der Waals surface area contributed by atoms with Crippen molar-refractivity contribution in [2.24, 2.45) is 7.05 Å². The number of aromatic nitrogens is 2. The van der Waals surface area contributed by atoms with E-state index in [2.05, 4.69) is 9.82 Å². The van der Waals surface area contributed by atoms with Gasteiger partial charge in [0.25, 0.3) is 10.0 Å². The van der Waals surface area contributed by atoms with Crippen LogP contribution < -0.4 is 4.72 Å². The number of benzene rings is 1. The molecule has 138 valence electrons. The topological polar surface area (TPSA) is 64.0 Å². The lowest BCUT2D eigenvalue weighted by molar-refractivity contribution is -0.137. The maximum atomic E-state index is 12.9. The molecule has 0 saturated heterocycles. The summed E-state index contributed by atoms with van der Waals surface area (Å²) < 4.78 is 67.6. The summed E-state index contributed by atoms with van der Waals surface area (Å²) in [5.41, 5.74) is -1.16.